The molecule has 1 nitrogen and oxygen atoms in total. The normalized spacial score (nSPS) is 17.4. The number of hydrogen-bond acceptors (Lipinski definition) is 1. The highest BCUT2D eigenvalue weighted by molar-refractivity contribution is 5.87. The van der Waals surface area contributed by atoms with Crippen molar-refractivity contribution in [1.82, 2.24) is 0 Å². The van der Waals surface area contributed by atoms with Crippen LogP contribution in [0, 0.1) is 0 Å². The van der Waals surface area contributed by atoms with E-state index in [0.717, 1.165) is 25.7 Å². The summed E-state index contributed by atoms with van der Waals surface area (Å²) in [4.78, 5) is 2.51. The summed E-state index contributed by atoms with van der Waals surface area (Å²) in [6, 6.07) is 62.1. The second-order valence-corrected chi connectivity index (χ2v) is 21.4. The van der Waals surface area contributed by atoms with E-state index >= 15 is 0 Å². The molecule has 1 heteroatoms. The number of fused-ring (bicyclic) bond motifs is 3. The number of hydrogen-bond donors (Lipinski definition) is 0. The highest BCUT2D eigenvalue weighted by Gasteiger charge is 2.42. The number of rotatable bonds is 13. The molecule has 0 unspecified atom stereocenters. The maximum Gasteiger partial charge on any atom is 0.0465 e. The zero-order valence-electron chi connectivity index (χ0n) is 41.1. The van der Waals surface area contributed by atoms with Crippen molar-refractivity contribution in [2.45, 2.75) is 159 Å². The van der Waals surface area contributed by atoms with Crippen molar-refractivity contribution in [3.63, 3.8) is 0 Å². The minimum absolute atomic E-state index is 0.0201. The van der Waals surface area contributed by atoms with E-state index in [1.54, 1.807) is 11.1 Å². The summed E-state index contributed by atoms with van der Waals surface area (Å²) in [6.45, 7) is 4.72. The maximum atomic E-state index is 2.63. The lowest BCUT2D eigenvalue weighted by molar-refractivity contribution is 0.435. The monoisotopic (exact) mass is 892 g/mol. The lowest BCUT2D eigenvalue weighted by Gasteiger charge is -2.33. The molecular formula is C67H73N. The molecule has 0 bridgehead atoms. The first-order valence-corrected chi connectivity index (χ1v) is 27.2. The molecule has 4 aliphatic rings. The SMILES string of the molecule is CCCC1(CCC)c2ccccc2-c2ccc(N(c3ccc(-c4cccc(-c5cc(C6CCCCC6)cc(C6CCCCC6)c5)c4)cc3)c3ccc(-c4cccc(C5CCCCC5)c4)cc3)cc21. The first-order chi connectivity index (χ1) is 33.6. The Morgan fingerprint density at radius 3 is 1.37 bits per heavy atom. The van der Waals surface area contributed by atoms with E-state index in [2.05, 4.69) is 176 Å². The Bertz CT molecular complexity index is 2770. The molecule has 0 spiro atoms. The van der Waals surface area contributed by atoms with Gasteiger partial charge in [-0.2, -0.15) is 0 Å². The van der Waals surface area contributed by atoms with Gasteiger partial charge in [-0.1, -0.05) is 200 Å². The van der Waals surface area contributed by atoms with Crippen molar-refractivity contribution in [3.8, 4) is 44.5 Å². The van der Waals surface area contributed by atoms with Crippen LogP contribution in [0.2, 0.25) is 0 Å². The molecule has 0 heterocycles. The molecule has 3 fully saturated rings. The van der Waals surface area contributed by atoms with Crippen molar-refractivity contribution >= 4 is 17.1 Å². The zero-order chi connectivity index (χ0) is 45.9. The Hall–Kier alpha value is -5.66. The summed E-state index contributed by atoms with van der Waals surface area (Å²) in [7, 11) is 0. The van der Waals surface area contributed by atoms with E-state index in [1.807, 2.05) is 0 Å². The van der Waals surface area contributed by atoms with Crippen LogP contribution >= 0.6 is 0 Å². The lowest BCUT2D eigenvalue weighted by Crippen LogP contribution is -2.25. The van der Waals surface area contributed by atoms with Gasteiger partial charge in [0, 0.05) is 22.5 Å². The predicted molar refractivity (Wildman–Crippen MR) is 291 cm³/mol. The van der Waals surface area contributed by atoms with Crippen LogP contribution in [0.3, 0.4) is 0 Å². The molecule has 4 aliphatic carbocycles. The van der Waals surface area contributed by atoms with Crippen molar-refractivity contribution in [1.29, 1.82) is 0 Å². The summed E-state index contributed by atoms with van der Waals surface area (Å²) < 4.78 is 0. The van der Waals surface area contributed by atoms with Crippen molar-refractivity contribution in [2.24, 2.45) is 0 Å². The van der Waals surface area contributed by atoms with Gasteiger partial charge in [0.15, 0.2) is 0 Å². The van der Waals surface area contributed by atoms with Gasteiger partial charge in [0.2, 0.25) is 0 Å². The van der Waals surface area contributed by atoms with E-state index in [4.69, 9.17) is 0 Å². The van der Waals surface area contributed by atoms with Crippen molar-refractivity contribution in [3.05, 3.63) is 186 Å². The summed E-state index contributed by atoms with van der Waals surface area (Å²) in [5, 5.41) is 0. The molecule has 68 heavy (non-hydrogen) atoms. The molecule has 0 aliphatic heterocycles. The van der Waals surface area contributed by atoms with Crippen LogP contribution in [-0.2, 0) is 5.41 Å². The third-order valence-electron chi connectivity index (χ3n) is 17.1. The summed E-state index contributed by atoms with van der Waals surface area (Å²) in [5.41, 5.74) is 22.0. The highest BCUT2D eigenvalue weighted by Crippen LogP contribution is 2.55. The van der Waals surface area contributed by atoms with E-state index in [1.165, 1.54) is 175 Å². The van der Waals surface area contributed by atoms with Gasteiger partial charge in [0.25, 0.3) is 0 Å². The van der Waals surface area contributed by atoms with Crippen molar-refractivity contribution < 1.29 is 0 Å². The Morgan fingerprint density at radius 2 is 0.809 bits per heavy atom. The van der Waals surface area contributed by atoms with Gasteiger partial charge in [0.05, 0.1) is 0 Å². The first-order valence-electron chi connectivity index (χ1n) is 27.2. The maximum absolute atomic E-state index is 2.63. The molecule has 7 aromatic carbocycles. The molecule has 0 saturated heterocycles. The van der Waals surface area contributed by atoms with Crippen molar-refractivity contribution in [2.75, 3.05) is 4.90 Å². The first kappa shape index (κ1) is 44.8. The summed E-state index contributed by atoms with van der Waals surface area (Å²) in [6.07, 6.45) is 25.0. The fourth-order valence-electron chi connectivity index (χ4n) is 13.6. The second kappa shape index (κ2) is 20.1. The Morgan fingerprint density at radius 1 is 0.353 bits per heavy atom. The Balaban J connectivity index is 0.961. The number of anilines is 3. The molecule has 7 aromatic rings. The second-order valence-electron chi connectivity index (χ2n) is 21.4. The quantitative estimate of drug-likeness (QED) is 0.111. The highest BCUT2D eigenvalue weighted by atomic mass is 15.1. The molecule has 0 atom stereocenters. The number of benzene rings is 7. The number of nitrogens with zero attached hydrogens (tertiary/aromatic N) is 1. The molecule has 0 radical (unpaired) electrons. The molecule has 346 valence electrons. The van der Waals surface area contributed by atoms with Gasteiger partial charge >= 0.3 is 0 Å². The van der Waals surface area contributed by atoms with Crippen LogP contribution < -0.4 is 4.90 Å². The third kappa shape index (κ3) is 8.92. The van der Waals surface area contributed by atoms with Crippen LogP contribution in [0.5, 0.6) is 0 Å². The molecular weight excluding hydrogens is 819 g/mol. The summed E-state index contributed by atoms with van der Waals surface area (Å²) in [5.74, 6) is 2.10. The smallest absolute Gasteiger partial charge is 0.0465 e. The molecule has 0 amide bonds. The Labute approximate surface area is 409 Å². The minimum Gasteiger partial charge on any atom is -0.310 e. The van der Waals surface area contributed by atoms with E-state index in [-0.39, 0.29) is 5.41 Å². The van der Waals surface area contributed by atoms with Gasteiger partial charge in [-0.3, -0.25) is 0 Å². The standard InChI is InChI=1S/C67H73N/c1-3-40-67(41-4-2)65-29-15-14-28-63(65)64-39-38-62(47-66(64)67)68(60-34-30-51(31-35-60)54-25-16-24-53(42-54)48-18-8-5-9-19-48)61-36-32-52(33-37-61)55-26-17-27-56(43-55)59-45-57(49-20-10-6-11-21-49)44-58(46-59)50-22-12-7-13-23-50/h14-17,24-39,42-50H,3-13,18-23,40-41H2,1-2H3. The topological polar surface area (TPSA) is 3.24 Å². The average Bonchev–Trinajstić information content (AvgIpc) is 3.68. The summed E-state index contributed by atoms with van der Waals surface area (Å²) >= 11 is 0. The predicted octanol–water partition coefficient (Wildman–Crippen LogP) is 20.2. The average molecular weight is 892 g/mol. The Kier molecular flexibility index (Phi) is 13.3. The van der Waals surface area contributed by atoms with Crippen LogP contribution in [0.4, 0.5) is 17.1 Å². The fourth-order valence-corrected chi connectivity index (χ4v) is 13.6. The third-order valence-corrected chi connectivity index (χ3v) is 17.1. The van der Waals surface area contributed by atoms with E-state index in [0.29, 0.717) is 17.8 Å². The molecule has 11 rings (SSSR count). The van der Waals surface area contributed by atoms with Gasteiger partial charge < -0.3 is 4.90 Å². The van der Waals surface area contributed by atoms with Gasteiger partial charge in [0.1, 0.15) is 0 Å². The van der Waals surface area contributed by atoms with Crippen LogP contribution in [0.15, 0.2) is 158 Å². The van der Waals surface area contributed by atoms with Crippen LogP contribution in [0.1, 0.15) is 181 Å². The van der Waals surface area contributed by atoms with Crippen LogP contribution in [-0.4, -0.2) is 0 Å². The molecule has 0 N–H and O–H groups in total. The fraction of sp³-hybridized carbons (Fsp3) is 0.373. The van der Waals surface area contributed by atoms with Gasteiger partial charge in [-0.25, -0.2) is 0 Å². The minimum atomic E-state index is 0.0201. The lowest BCUT2D eigenvalue weighted by atomic mass is 9.71. The molecule has 3 saturated carbocycles. The van der Waals surface area contributed by atoms with E-state index < -0.39 is 0 Å². The van der Waals surface area contributed by atoms with Crippen LogP contribution in [0.25, 0.3) is 44.5 Å². The largest absolute Gasteiger partial charge is 0.310 e. The van der Waals surface area contributed by atoms with Gasteiger partial charge in [-0.15, -0.1) is 0 Å². The van der Waals surface area contributed by atoms with Gasteiger partial charge in [-0.05, 0) is 184 Å². The van der Waals surface area contributed by atoms with E-state index in [9.17, 15) is 0 Å². The molecule has 0 aromatic heterocycles. The zero-order valence-corrected chi connectivity index (χ0v) is 41.1.